The number of nitrogens with zero attached hydrogens (tertiary/aromatic N) is 2. The number of halogens is 1. The lowest BCUT2D eigenvalue weighted by molar-refractivity contribution is -0.117. The normalized spacial score (nSPS) is 19.9. The first kappa shape index (κ1) is 10.6. The summed E-state index contributed by atoms with van der Waals surface area (Å²) in [6.45, 7) is 0.258. The molecule has 2 N–H and O–H groups in total. The number of hydrogen-bond donors (Lipinski definition) is 1. The summed E-state index contributed by atoms with van der Waals surface area (Å²) in [4.78, 5) is 12.8. The number of benzene rings is 1. The van der Waals surface area contributed by atoms with E-state index in [0.717, 1.165) is 0 Å². The Bertz CT molecular complexity index is 481. The van der Waals surface area contributed by atoms with Crippen molar-refractivity contribution in [2.75, 3.05) is 11.4 Å². The number of anilines is 1. The summed E-state index contributed by atoms with van der Waals surface area (Å²) < 4.78 is 13.6. The van der Waals surface area contributed by atoms with E-state index in [1.165, 1.54) is 23.1 Å². The quantitative estimate of drug-likeness (QED) is 0.758. The van der Waals surface area contributed by atoms with Crippen molar-refractivity contribution in [3.05, 3.63) is 29.6 Å². The van der Waals surface area contributed by atoms with Crippen LogP contribution in [-0.2, 0) is 4.79 Å². The van der Waals surface area contributed by atoms with Crippen LogP contribution in [0.3, 0.4) is 0 Å². The number of nitriles is 1. The van der Waals surface area contributed by atoms with Crippen LogP contribution in [0.1, 0.15) is 12.0 Å². The van der Waals surface area contributed by atoms with E-state index in [4.69, 9.17) is 11.0 Å². The molecule has 5 heteroatoms. The molecule has 0 aliphatic carbocycles. The molecular weight excluding hydrogens is 209 g/mol. The molecule has 1 aromatic carbocycles. The second-order valence-electron chi connectivity index (χ2n) is 3.72. The van der Waals surface area contributed by atoms with Crippen LogP contribution in [0.4, 0.5) is 10.1 Å². The van der Waals surface area contributed by atoms with Crippen molar-refractivity contribution >= 4 is 11.6 Å². The average molecular weight is 219 g/mol. The van der Waals surface area contributed by atoms with Gasteiger partial charge in [-0.25, -0.2) is 4.39 Å². The predicted molar refractivity (Wildman–Crippen MR) is 56.1 cm³/mol. The molecule has 1 aromatic rings. The van der Waals surface area contributed by atoms with Crippen LogP contribution in [0, 0.1) is 17.1 Å². The number of para-hydroxylation sites is 1. The van der Waals surface area contributed by atoms with Crippen LogP contribution in [0.15, 0.2) is 18.2 Å². The van der Waals surface area contributed by atoms with Crippen LogP contribution in [0.5, 0.6) is 0 Å². The van der Waals surface area contributed by atoms with Gasteiger partial charge in [-0.05, 0) is 12.1 Å². The Labute approximate surface area is 92.1 Å². The first-order valence-corrected chi connectivity index (χ1v) is 4.88. The smallest absolute Gasteiger partial charge is 0.228 e. The van der Waals surface area contributed by atoms with Gasteiger partial charge < -0.3 is 10.6 Å². The molecule has 1 amide bonds. The van der Waals surface area contributed by atoms with Gasteiger partial charge in [0, 0.05) is 19.0 Å². The van der Waals surface area contributed by atoms with Gasteiger partial charge in [0.15, 0.2) is 0 Å². The summed E-state index contributed by atoms with van der Waals surface area (Å²) in [6, 6.07) is 5.73. The first-order chi connectivity index (χ1) is 7.63. The Morgan fingerprint density at radius 3 is 2.88 bits per heavy atom. The van der Waals surface area contributed by atoms with E-state index < -0.39 is 5.82 Å². The lowest BCUT2D eigenvalue weighted by Crippen LogP contribution is -2.29. The fourth-order valence-electron chi connectivity index (χ4n) is 1.83. The van der Waals surface area contributed by atoms with Gasteiger partial charge in [0.1, 0.15) is 11.9 Å². The molecule has 82 valence electrons. The lowest BCUT2D eigenvalue weighted by atomic mass is 10.1. The molecule has 1 fully saturated rings. The standard InChI is InChI=1S/C11H10FN3O/c12-9-3-1-2-7(5-13)11(9)15-6-8(14)4-10(15)16/h1-3,8H,4,6,14H2. The second-order valence-corrected chi connectivity index (χ2v) is 3.72. The van der Waals surface area contributed by atoms with E-state index in [1.54, 1.807) is 0 Å². The molecule has 1 unspecified atom stereocenters. The Morgan fingerprint density at radius 2 is 2.31 bits per heavy atom. The predicted octanol–water partition coefficient (Wildman–Crippen LogP) is 0.761. The number of rotatable bonds is 1. The van der Waals surface area contributed by atoms with Crippen LogP contribution in [0.2, 0.25) is 0 Å². The summed E-state index contributed by atoms with van der Waals surface area (Å²) in [6.07, 6.45) is 0.194. The fraction of sp³-hybridized carbons (Fsp3) is 0.273. The van der Waals surface area contributed by atoms with E-state index in [0.29, 0.717) is 0 Å². The van der Waals surface area contributed by atoms with Gasteiger partial charge in [0.25, 0.3) is 0 Å². The average Bonchev–Trinajstić information content (AvgIpc) is 2.57. The molecule has 0 saturated carbocycles. The molecule has 1 aliphatic rings. The molecule has 0 spiro atoms. The Kier molecular flexibility index (Phi) is 2.59. The van der Waals surface area contributed by atoms with Crippen molar-refractivity contribution in [1.82, 2.24) is 0 Å². The zero-order valence-electron chi connectivity index (χ0n) is 8.48. The highest BCUT2D eigenvalue weighted by molar-refractivity contribution is 5.97. The summed E-state index contributed by atoms with van der Waals surface area (Å²) in [5, 5.41) is 8.87. The molecular formula is C11H10FN3O. The highest BCUT2D eigenvalue weighted by Gasteiger charge is 2.31. The molecule has 1 saturated heterocycles. The number of carbonyl (C=O) groups is 1. The van der Waals surface area contributed by atoms with Crippen molar-refractivity contribution in [3.63, 3.8) is 0 Å². The molecule has 1 aliphatic heterocycles. The SMILES string of the molecule is N#Cc1cccc(F)c1N1CC(N)CC1=O. The Balaban J connectivity index is 2.48. The molecule has 1 heterocycles. The van der Waals surface area contributed by atoms with Gasteiger partial charge in [-0.3, -0.25) is 4.79 Å². The maximum absolute atomic E-state index is 13.6. The topological polar surface area (TPSA) is 70.1 Å². The van der Waals surface area contributed by atoms with Crippen molar-refractivity contribution in [2.45, 2.75) is 12.5 Å². The van der Waals surface area contributed by atoms with E-state index in [9.17, 15) is 9.18 Å². The molecule has 4 nitrogen and oxygen atoms in total. The molecule has 2 rings (SSSR count). The van der Waals surface area contributed by atoms with Crippen molar-refractivity contribution in [1.29, 1.82) is 5.26 Å². The Morgan fingerprint density at radius 1 is 1.56 bits per heavy atom. The van der Waals surface area contributed by atoms with Crippen LogP contribution < -0.4 is 10.6 Å². The minimum absolute atomic E-state index is 0.0444. The number of carbonyl (C=O) groups excluding carboxylic acids is 1. The number of amides is 1. The maximum atomic E-state index is 13.6. The van der Waals surface area contributed by atoms with Crippen LogP contribution >= 0.6 is 0 Å². The summed E-state index contributed by atoms with van der Waals surface area (Å²) in [5.74, 6) is -0.810. The van der Waals surface area contributed by atoms with E-state index >= 15 is 0 Å². The Hall–Kier alpha value is -1.93. The summed E-state index contributed by atoms with van der Waals surface area (Å²) >= 11 is 0. The highest BCUT2D eigenvalue weighted by atomic mass is 19.1. The molecule has 0 radical (unpaired) electrons. The van der Waals surface area contributed by atoms with Crippen LogP contribution in [0.25, 0.3) is 0 Å². The van der Waals surface area contributed by atoms with Gasteiger partial charge in [-0.1, -0.05) is 6.07 Å². The third-order valence-corrected chi connectivity index (χ3v) is 2.53. The monoisotopic (exact) mass is 219 g/mol. The second kappa shape index (κ2) is 3.91. The minimum Gasteiger partial charge on any atom is -0.326 e. The largest absolute Gasteiger partial charge is 0.326 e. The number of nitrogens with two attached hydrogens (primary N) is 1. The third kappa shape index (κ3) is 1.64. The number of hydrogen-bond acceptors (Lipinski definition) is 3. The van der Waals surface area contributed by atoms with Gasteiger partial charge in [0.05, 0.1) is 11.3 Å². The molecule has 1 atom stereocenters. The highest BCUT2D eigenvalue weighted by Crippen LogP contribution is 2.27. The van der Waals surface area contributed by atoms with Crippen molar-refractivity contribution in [2.24, 2.45) is 5.73 Å². The van der Waals surface area contributed by atoms with E-state index in [2.05, 4.69) is 0 Å². The zero-order valence-corrected chi connectivity index (χ0v) is 8.48. The zero-order chi connectivity index (χ0) is 11.7. The van der Waals surface area contributed by atoms with Gasteiger partial charge in [-0.15, -0.1) is 0 Å². The van der Waals surface area contributed by atoms with E-state index in [1.807, 2.05) is 6.07 Å². The van der Waals surface area contributed by atoms with Gasteiger partial charge in [0.2, 0.25) is 5.91 Å². The van der Waals surface area contributed by atoms with Gasteiger partial charge in [-0.2, -0.15) is 5.26 Å². The minimum atomic E-state index is -0.568. The lowest BCUT2D eigenvalue weighted by Gasteiger charge is -2.17. The van der Waals surface area contributed by atoms with Crippen molar-refractivity contribution in [3.8, 4) is 6.07 Å². The first-order valence-electron chi connectivity index (χ1n) is 4.88. The summed E-state index contributed by atoms with van der Waals surface area (Å²) in [5.41, 5.74) is 5.83. The molecule has 0 aromatic heterocycles. The third-order valence-electron chi connectivity index (χ3n) is 2.53. The van der Waals surface area contributed by atoms with Crippen molar-refractivity contribution < 1.29 is 9.18 Å². The maximum Gasteiger partial charge on any atom is 0.228 e. The molecule has 0 bridgehead atoms. The van der Waals surface area contributed by atoms with E-state index in [-0.39, 0.29) is 36.2 Å². The summed E-state index contributed by atoms with van der Waals surface area (Å²) in [7, 11) is 0. The van der Waals surface area contributed by atoms with Crippen LogP contribution in [-0.4, -0.2) is 18.5 Å². The fourth-order valence-corrected chi connectivity index (χ4v) is 1.83. The molecule has 16 heavy (non-hydrogen) atoms. The van der Waals surface area contributed by atoms with Gasteiger partial charge >= 0.3 is 0 Å².